The van der Waals surface area contributed by atoms with Gasteiger partial charge in [0.2, 0.25) is 0 Å². The highest BCUT2D eigenvalue weighted by Crippen LogP contribution is 2.49. The van der Waals surface area contributed by atoms with Crippen LogP contribution in [0.25, 0.3) is 20.2 Å². The summed E-state index contributed by atoms with van der Waals surface area (Å²) in [6.07, 6.45) is 0. The van der Waals surface area contributed by atoms with Crippen LogP contribution in [0, 0.1) is 0 Å². The molecule has 338 valence electrons. The molecule has 15 nitrogen and oxygen atoms in total. The summed E-state index contributed by atoms with van der Waals surface area (Å²) in [5, 5.41) is 30.0. The van der Waals surface area contributed by atoms with Gasteiger partial charge in [-0.3, -0.25) is 14.6 Å². The molecule has 2 fully saturated rings. The first-order valence-electron chi connectivity index (χ1n) is 21.4. The van der Waals surface area contributed by atoms with Gasteiger partial charge in [-0.05, 0) is 65.6 Å². The van der Waals surface area contributed by atoms with E-state index in [1.54, 1.807) is 6.92 Å². The summed E-state index contributed by atoms with van der Waals surface area (Å²) in [5.41, 5.74) is 3.58. The number of hydroxylamine groups is 2. The van der Waals surface area contributed by atoms with Gasteiger partial charge in [0.1, 0.15) is 13.2 Å². The third-order valence-electron chi connectivity index (χ3n) is 11.9. The molecule has 2 aromatic heterocycles. The van der Waals surface area contributed by atoms with E-state index in [9.17, 15) is 24.6 Å². The molecule has 4 aromatic rings. The van der Waals surface area contributed by atoms with E-state index < -0.39 is 43.0 Å². The molecule has 4 aliphatic rings. The summed E-state index contributed by atoms with van der Waals surface area (Å²) in [4.78, 5) is 69.9. The highest BCUT2D eigenvalue weighted by molar-refractivity contribution is 7.17. The number of hydrogen-bond donors (Lipinski definition) is 3. The van der Waals surface area contributed by atoms with E-state index in [0.717, 1.165) is 25.7 Å². The number of dihydropyridines is 1. The van der Waals surface area contributed by atoms with Crippen molar-refractivity contribution >= 4 is 66.5 Å². The predicted molar refractivity (Wildman–Crippen MR) is 241 cm³/mol. The van der Waals surface area contributed by atoms with Crippen LogP contribution in [0.15, 0.2) is 104 Å². The van der Waals surface area contributed by atoms with E-state index >= 15 is 4.79 Å². The van der Waals surface area contributed by atoms with Crippen molar-refractivity contribution in [3.8, 4) is 0 Å². The second-order valence-electron chi connectivity index (χ2n) is 15.9. The molecule has 1 atom stereocenters. The number of thiophene rings is 2. The lowest BCUT2D eigenvalue weighted by atomic mass is 9.78. The number of aliphatic hydroxyl groups excluding tert-OH is 2. The normalized spacial score (nSPS) is 19.5. The van der Waals surface area contributed by atoms with Crippen LogP contribution < -0.4 is 5.32 Å². The molecule has 0 radical (unpaired) electrons. The number of aliphatic hydroxyl groups is 2. The van der Waals surface area contributed by atoms with Gasteiger partial charge in [-0.2, -0.15) is 5.06 Å². The summed E-state index contributed by atoms with van der Waals surface area (Å²) >= 11 is 2.96. The van der Waals surface area contributed by atoms with Crippen LogP contribution in [-0.2, 0) is 43.0 Å². The largest absolute Gasteiger partial charge is 0.460 e. The fourth-order valence-corrected chi connectivity index (χ4v) is 11.0. The Hall–Kier alpha value is -5.24. The van der Waals surface area contributed by atoms with Crippen molar-refractivity contribution in [1.29, 1.82) is 0 Å². The SMILES string of the molecule is CC(=O)C1=C(C)NC(C)=C(C(=O)ON2C(CN3CCOCC3)=C(C(=O)OCCO)C(c3csc4ccccc34)C(C(=O)OCCO)=C2CN2CCOCC2)C1c1csc2ccccc12. The number of morpholine rings is 2. The number of fused-ring (bicyclic) bond motifs is 2. The van der Waals surface area contributed by atoms with Gasteiger partial charge in [0.25, 0.3) is 0 Å². The molecular formula is C47H52N4O11S2. The fraction of sp³-hybridized carbons (Fsp3) is 0.404. The number of allylic oxidation sites excluding steroid dienone is 3. The van der Waals surface area contributed by atoms with E-state index in [-0.39, 0.29) is 60.2 Å². The molecule has 64 heavy (non-hydrogen) atoms. The van der Waals surface area contributed by atoms with Gasteiger partial charge in [0.15, 0.2) is 5.78 Å². The molecule has 1 unspecified atom stereocenters. The summed E-state index contributed by atoms with van der Waals surface area (Å²) in [5.74, 6) is -4.64. The van der Waals surface area contributed by atoms with Crippen molar-refractivity contribution in [3.63, 3.8) is 0 Å². The Morgan fingerprint density at radius 3 is 1.55 bits per heavy atom. The summed E-state index contributed by atoms with van der Waals surface area (Å²) < 4.78 is 24.9. The number of nitrogens with zero attached hydrogens (tertiary/aromatic N) is 3. The molecule has 2 saturated heterocycles. The molecular weight excluding hydrogens is 861 g/mol. The lowest BCUT2D eigenvalue weighted by Crippen LogP contribution is -2.48. The Balaban J connectivity index is 1.38. The molecule has 6 heterocycles. The van der Waals surface area contributed by atoms with E-state index in [1.165, 1.54) is 34.7 Å². The highest BCUT2D eigenvalue weighted by Gasteiger charge is 2.47. The molecule has 4 aliphatic heterocycles. The minimum atomic E-state index is -1.10. The first-order chi connectivity index (χ1) is 31.1. The number of Topliss-reactive ketones (excluding diaryl/α,β-unsaturated/α-hetero) is 1. The average Bonchev–Trinajstić information content (AvgIpc) is 3.93. The molecule has 0 spiro atoms. The Labute approximate surface area is 378 Å². The van der Waals surface area contributed by atoms with Crippen LogP contribution >= 0.6 is 22.7 Å². The lowest BCUT2D eigenvalue weighted by Gasteiger charge is -2.42. The smallest absolute Gasteiger partial charge is 0.362 e. The maximum Gasteiger partial charge on any atom is 0.362 e. The van der Waals surface area contributed by atoms with Gasteiger partial charge in [-0.15, -0.1) is 22.7 Å². The quantitative estimate of drug-likeness (QED) is 0.139. The maximum absolute atomic E-state index is 15.5. The zero-order valence-corrected chi connectivity index (χ0v) is 37.7. The zero-order valence-electron chi connectivity index (χ0n) is 36.1. The number of carbonyl (C=O) groups excluding carboxylic acids is 4. The molecule has 0 aliphatic carbocycles. The number of carbonyl (C=O) groups is 4. The third kappa shape index (κ3) is 9.17. The maximum atomic E-state index is 15.5. The standard InChI is InChI=1S/C47H52N4O11S2/c1-28-39(30(3)54)41(33-26-63-37-10-6-4-8-31(33)37)40(29(2)48-28)47(57)62-51-35(24-49-12-18-58-19-13-49)43(45(55)60-22-16-52)42(34-27-64-38-11-7-5-9-32(34)38)44(46(56)61-23-17-53)36(51)25-50-14-20-59-21-15-50/h4-11,26-27,41-42,48,52-53H,12-25H2,1-3H3. The van der Waals surface area contributed by atoms with Crippen LogP contribution in [-0.4, -0.2) is 141 Å². The molecule has 0 amide bonds. The topological polar surface area (TPSA) is 177 Å². The number of benzene rings is 2. The monoisotopic (exact) mass is 912 g/mol. The van der Waals surface area contributed by atoms with Crippen LogP contribution in [0.5, 0.6) is 0 Å². The first kappa shape index (κ1) is 45.3. The molecule has 0 saturated carbocycles. The highest BCUT2D eigenvalue weighted by atomic mass is 32.1. The molecule has 2 aromatic carbocycles. The molecule has 17 heteroatoms. The minimum absolute atomic E-state index is 0.0194. The Morgan fingerprint density at radius 1 is 0.656 bits per heavy atom. The van der Waals surface area contributed by atoms with Gasteiger partial charge in [0, 0.05) is 71.6 Å². The second kappa shape index (κ2) is 20.3. The zero-order chi connectivity index (χ0) is 44.9. The van der Waals surface area contributed by atoms with E-state index in [4.69, 9.17) is 23.8 Å². The molecule has 8 rings (SSSR count). The van der Waals surface area contributed by atoms with Crippen LogP contribution in [0.1, 0.15) is 43.7 Å². The molecule has 0 bridgehead atoms. The Bertz CT molecular complexity index is 2500. The number of nitrogens with one attached hydrogen (secondary N) is 1. The Kier molecular flexibility index (Phi) is 14.4. The van der Waals surface area contributed by atoms with Crippen molar-refractivity contribution in [2.24, 2.45) is 0 Å². The lowest BCUT2D eigenvalue weighted by molar-refractivity contribution is -0.173. The number of hydrogen-bond acceptors (Lipinski definition) is 17. The van der Waals surface area contributed by atoms with Crippen LogP contribution in [0.2, 0.25) is 0 Å². The van der Waals surface area contributed by atoms with Crippen molar-refractivity contribution in [1.82, 2.24) is 20.2 Å². The number of esters is 2. The van der Waals surface area contributed by atoms with Gasteiger partial charge in [0.05, 0.1) is 73.7 Å². The van der Waals surface area contributed by atoms with E-state index in [0.29, 0.717) is 75.1 Å². The summed E-state index contributed by atoms with van der Waals surface area (Å²) in [6, 6.07) is 15.5. The van der Waals surface area contributed by atoms with Crippen molar-refractivity contribution in [3.05, 3.63) is 115 Å². The van der Waals surface area contributed by atoms with E-state index in [2.05, 4.69) is 15.1 Å². The van der Waals surface area contributed by atoms with Crippen LogP contribution in [0.4, 0.5) is 0 Å². The fourth-order valence-electron chi connectivity index (χ4n) is 9.04. The van der Waals surface area contributed by atoms with Crippen molar-refractivity contribution in [2.45, 2.75) is 32.6 Å². The Morgan fingerprint density at radius 2 is 1.09 bits per heavy atom. The predicted octanol–water partition coefficient (Wildman–Crippen LogP) is 4.74. The van der Waals surface area contributed by atoms with Crippen molar-refractivity contribution in [2.75, 3.05) is 92.1 Å². The van der Waals surface area contributed by atoms with Crippen molar-refractivity contribution < 1.29 is 53.2 Å². The van der Waals surface area contributed by atoms with Gasteiger partial charge >= 0.3 is 17.9 Å². The number of ether oxygens (including phenoxy) is 4. The van der Waals surface area contributed by atoms with Crippen LogP contribution in [0.3, 0.4) is 0 Å². The average molecular weight is 913 g/mol. The van der Waals surface area contributed by atoms with Gasteiger partial charge in [-0.25, -0.2) is 14.4 Å². The minimum Gasteiger partial charge on any atom is -0.460 e. The number of ketones is 1. The second-order valence-corrected chi connectivity index (χ2v) is 17.7. The summed E-state index contributed by atoms with van der Waals surface area (Å²) in [7, 11) is 0. The van der Waals surface area contributed by atoms with Gasteiger partial charge < -0.3 is 39.3 Å². The summed E-state index contributed by atoms with van der Waals surface area (Å²) in [6.45, 7) is 7.17. The number of rotatable bonds is 15. The van der Waals surface area contributed by atoms with E-state index in [1.807, 2.05) is 66.2 Å². The third-order valence-corrected chi connectivity index (χ3v) is 13.9. The first-order valence-corrected chi connectivity index (χ1v) is 23.1. The molecule has 3 N–H and O–H groups in total. The van der Waals surface area contributed by atoms with Gasteiger partial charge in [-0.1, -0.05) is 36.4 Å².